The molecule has 0 heterocycles. The van der Waals surface area contributed by atoms with Crippen LogP contribution in [0.15, 0.2) is 0 Å². The van der Waals surface area contributed by atoms with Crippen molar-refractivity contribution in [2.24, 2.45) is 0 Å². The molecule has 0 spiro atoms. The maximum atomic E-state index is 9.51. The maximum absolute atomic E-state index is 9.51. The molecule has 0 rings (SSSR count). The molecule has 12 nitrogen and oxygen atoms in total. The molecule has 0 aliphatic heterocycles. The van der Waals surface area contributed by atoms with Crippen molar-refractivity contribution in [1.82, 2.24) is 6.15 Å². The van der Waals surface area contributed by atoms with Crippen LogP contribution in [0.3, 0.4) is 0 Å². The summed E-state index contributed by atoms with van der Waals surface area (Å²) in [5, 5.41) is 0. The van der Waals surface area contributed by atoms with Gasteiger partial charge in [-0.05, 0) is 11.2 Å². The second-order valence-corrected chi connectivity index (χ2v) is 5.52. The van der Waals surface area contributed by atoms with Gasteiger partial charge in [-0.15, -0.1) is 0 Å². The van der Waals surface area contributed by atoms with Gasteiger partial charge in [0.15, 0.2) is 0 Å². The summed E-state index contributed by atoms with van der Waals surface area (Å²) in [5.41, 5.74) is 0. The molecule has 0 bridgehead atoms. The van der Waals surface area contributed by atoms with E-state index in [1.807, 2.05) is 0 Å². The van der Waals surface area contributed by atoms with Crippen LogP contribution in [0.25, 0.3) is 0 Å². The van der Waals surface area contributed by atoms with Gasteiger partial charge in [0.25, 0.3) is 0 Å². The van der Waals surface area contributed by atoms with Gasteiger partial charge in [-0.3, -0.25) is 9.11 Å². The third-order valence-electron chi connectivity index (χ3n) is 0.200. The first-order chi connectivity index (χ1) is 6.21. The van der Waals surface area contributed by atoms with Crippen molar-refractivity contribution in [1.29, 1.82) is 0 Å². The quantitative estimate of drug-likeness (QED) is 0.160. The third kappa shape index (κ3) is 57.8. The fourth-order valence-corrected chi connectivity index (χ4v) is 0.632. The van der Waals surface area contributed by atoms with Crippen molar-refractivity contribution in [3.05, 3.63) is 0 Å². The molecule has 17 heteroatoms. The number of hydrogen-bond acceptors (Lipinski definition) is 10. The second-order valence-electron chi connectivity index (χ2n) is 1.42. The zero-order valence-corrected chi connectivity index (χ0v) is 14.3. The Balaban J connectivity index is -0.000000105. The molecule has 0 saturated carbocycles. The van der Waals surface area contributed by atoms with Crippen LogP contribution in [-0.2, 0) is 49.7 Å². The molecular weight excluding hydrogens is 357 g/mol. The normalized spacial score (nSPS) is 14.1. The van der Waals surface area contributed by atoms with Crippen molar-refractivity contribution in [3.8, 4) is 0 Å². The fraction of sp³-hybridized carbons (Fsp3) is 0. The van der Waals surface area contributed by atoms with E-state index in [0.29, 0.717) is 0 Å². The second kappa shape index (κ2) is 10.4. The maximum Gasteiger partial charge on any atom is 1.00 e. The first kappa shape index (κ1) is 27.1. The summed E-state index contributed by atoms with van der Waals surface area (Å²) in [7, 11) is -14.1. The van der Waals surface area contributed by atoms with Crippen molar-refractivity contribution in [2.75, 3.05) is 0 Å². The van der Waals surface area contributed by atoms with Crippen molar-refractivity contribution < 1.29 is 99.3 Å². The number of hydrogen-bond donors (Lipinski definition) is 4. The summed E-state index contributed by atoms with van der Waals surface area (Å²) in [6.07, 6.45) is 0. The predicted molar refractivity (Wildman–Crippen MR) is 49.2 cm³/mol. The average Bonchev–Trinajstić information content (AvgIpc) is 1.76. The standard InChI is InChI=1S/K.H3N.H2O8S2.H2O3S2/c;;1-9(2,3)7-8-10(4,5)6;1-5(2,3)4/h;1H3;(H,1,2,3)(H,4,5,6);(H2,1,2,3,4)/q+1;;;/p-1. The average molecular weight is 363 g/mol. The van der Waals surface area contributed by atoms with E-state index in [-0.39, 0.29) is 57.5 Å². The Labute approximate surface area is 144 Å². The van der Waals surface area contributed by atoms with E-state index in [0.717, 1.165) is 0 Å². The topological polar surface area (TPSA) is 223 Å². The molecule has 0 saturated heterocycles. The SMILES string of the molecule is N.O=S(=O)(O)OOS(=O)(=O)O.O=S([O-])(O)=S.[K+]. The first-order valence-electron chi connectivity index (χ1n) is 2.21. The van der Waals surface area contributed by atoms with Gasteiger partial charge in [-0.1, -0.05) is 8.67 Å². The van der Waals surface area contributed by atoms with Crippen LogP contribution in [-0.4, -0.2) is 39.3 Å². The molecule has 0 radical (unpaired) electrons. The van der Waals surface area contributed by atoms with E-state index >= 15 is 0 Å². The third-order valence-corrected chi connectivity index (χ3v) is 0.766. The van der Waals surface area contributed by atoms with Crippen LogP contribution >= 0.6 is 0 Å². The molecule has 0 aliphatic carbocycles. The molecule has 6 N–H and O–H groups in total. The van der Waals surface area contributed by atoms with E-state index < -0.39 is 29.9 Å². The largest absolute Gasteiger partial charge is 1.00 e. The molecule has 0 amide bonds. The molecule has 1 unspecified atom stereocenters. The number of rotatable bonds is 3. The molecule has 0 aromatic heterocycles. The van der Waals surface area contributed by atoms with E-state index in [2.05, 4.69) is 19.9 Å². The van der Waals surface area contributed by atoms with Crippen molar-refractivity contribution in [3.63, 3.8) is 0 Å². The van der Waals surface area contributed by atoms with Crippen LogP contribution in [0.4, 0.5) is 0 Å². The summed E-state index contributed by atoms with van der Waals surface area (Å²) in [6.45, 7) is 0. The minimum atomic E-state index is -5.02. The van der Waals surface area contributed by atoms with Gasteiger partial charge >= 0.3 is 72.2 Å². The zero-order chi connectivity index (χ0) is 12.9. The first-order valence-corrected chi connectivity index (χ1v) is 7.31. The van der Waals surface area contributed by atoms with Crippen LogP contribution in [0.1, 0.15) is 0 Å². The van der Waals surface area contributed by atoms with Gasteiger partial charge in [-0.2, -0.15) is 16.8 Å². The van der Waals surface area contributed by atoms with E-state index in [4.69, 9.17) is 22.4 Å². The minimum Gasteiger partial charge on any atom is -0.748 e. The summed E-state index contributed by atoms with van der Waals surface area (Å²) < 4.78 is 84.2. The molecule has 0 aromatic rings. The monoisotopic (exact) mass is 363 g/mol. The Morgan fingerprint density at radius 1 is 0.882 bits per heavy atom. The van der Waals surface area contributed by atoms with E-state index in [1.54, 1.807) is 0 Å². The van der Waals surface area contributed by atoms with E-state index in [9.17, 15) is 16.8 Å². The van der Waals surface area contributed by atoms with Crippen LogP contribution in [0.2, 0.25) is 0 Å². The van der Waals surface area contributed by atoms with Gasteiger partial charge < -0.3 is 15.3 Å². The van der Waals surface area contributed by atoms with Gasteiger partial charge in [0.05, 0.1) is 9.05 Å². The summed E-state index contributed by atoms with van der Waals surface area (Å²) in [6, 6.07) is 0. The molecule has 0 aromatic carbocycles. The smallest absolute Gasteiger partial charge is 0.748 e. The predicted octanol–water partition coefficient (Wildman–Crippen LogP) is -4.96. The van der Waals surface area contributed by atoms with Crippen LogP contribution in [0, 0.1) is 0 Å². The molecule has 0 aliphatic rings. The summed E-state index contributed by atoms with van der Waals surface area (Å²) in [5.74, 6) is 0. The molecular formula is H6KNO11S4. The van der Waals surface area contributed by atoms with Gasteiger partial charge in [0.2, 0.25) is 0 Å². The van der Waals surface area contributed by atoms with Crippen molar-refractivity contribution >= 4 is 41.0 Å². The Morgan fingerprint density at radius 3 is 1.06 bits per heavy atom. The van der Waals surface area contributed by atoms with Crippen LogP contribution in [0.5, 0.6) is 0 Å². The van der Waals surface area contributed by atoms with Crippen LogP contribution < -0.4 is 57.5 Å². The Bertz CT molecular complexity index is 428. The van der Waals surface area contributed by atoms with Gasteiger partial charge in [0.1, 0.15) is 0 Å². The summed E-state index contributed by atoms with van der Waals surface area (Å²) in [4.78, 5) is 0. The Morgan fingerprint density at radius 2 is 1.00 bits per heavy atom. The molecule has 17 heavy (non-hydrogen) atoms. The fourth-order valence-electron chi connectivity index (χ4n) is 0.0702. The molecule has 102 valence electrons. The molecule has 1 atom stereocenters. The molecule has 0 fully saturated rings. The Hall–Kier alpha value is 1.63. The van der Waals surface area contributed by atoms with Crippen molar-refractivity contribution in [2.45, 2.75) is 0 Å². The van der Waals surface area contributed by atoms with E-state index in [1.165, 1.54) is 0 Å². The Kier molecular flexibility index (Phi) is 16.6. The minimum absolute atomic E-state index is 0. The van der Waals surface area contributed by atoms with Gasteiger partial charge in [0, 0.05) is 0 Å². The summed E-state index contributed by atoms with van der Waals surface area (Å²) >= 11 is 3.35. The zero-order valence-electron chi connectivity index (χ0n) is 7.95. The van der Waals surface area contributed by atoms with Gasteiger partial charge in [-0.25, -0.2) is 4.21 Å².